The van der Waals surface area contributed by atoms with Gasteiger partial charge in [-0.15, -0.1) is 0 Å². The minimum atomic E-state index is -4.40. The fourth-order valence-corrected chi connectivity index (χ4v) is 9.27. The zero-order valence-corrected chi connectivity index (χ0v) is 27.8. The van der Waals surface area contributed by atoms with Gasteiger partial charge in [-0.2, -0.15) is 13.2 Å². The van der Waals surface area contributed by atoms with Crippen molar-refractivity contribution in [1.29, 1.82) is 0 Å². The second kappa shape index (κ2) is 9.84. The molecule has 3 aliphatic carbocycles. The Bertz CT molecular complexity index is 1840. The van der Waals surface area contributed by atoms with Crippen LogP contribution in [0.4, 0.5) is 13.2 Å². The Balaban J connectivity index is 1.40. The molecular weight excluding hydrogens is 561 g/mol. The van der Waals surface area contributed by atoms with Gasteiger partial charge in [-0.05, 0) is 111 Å². The van der Waals surface area contributed by atoms with Crippen LogP contribution in [-0.4, -0.2) is 6.18 Å². The van der Waals surface area contributed by atoms with E-state index in [1.54, 1.807) is 12.1 Å². The predicted octanol–water partition coefficient (Wildman–Crippen LogP) is 12.0. The number of benzene rings is 4. The summed E-state index contributed by atoms with van der Waals surface area (Å²) >= 11 is 0. The van der Waals surface area contributed by atoms with Gasteiger partial charge in [0.1, 0.15) is 5.41 Å². The second-order valence-electron chi connectivity index (χ2n) is 14.8. The van der Waals surface area contributed by atoms with E-state index in [1.165, 1.54) is 45.9 Å². The second-order valence-corrected chi connectivity index (χ2v) is 14.8. The maximum Gasteiger partial charge on any atom is 0.402 e. The van der Waals surface area contributed by atoms with Gasteiger partial charge in [0, 0.05) is 10.8 Å². The van der Waals surface area contributed by atoms with Crippen molar-refractivity contribution in [1.82, 2.24) is 0 Å². The number of rotatable bonds is 7. The van der Waals surface area contributed by atoms with E-state index in [2.05, 4.69) is 77.9 Å². The first-order valence-electron chi connectivity index (χ1n) is 17.0. The number of alkyl halides is 3. The van der Waals surface area contributed by atoms with Crippen LogP contribution < -0.4 is 0 Å². The monoisotopic (exact) mass is 606 g/mol. The SMILES string of the molecule is CCCC1(c2ccc3c(c2)C(C)(C(F)(F)F)c2ccccc2-3)Cc2cc3c(cc21)C(CC)(CC)c1cc(C(C)(C)CC)ccc1-3. The summed E-state index contributed by atoms with van der Waals surface area (Å²) in [4.78, 5) is 0. The van der Waals surface area contributed by atoms with Gasteiger partial charge in [-0.1, -0.05) is 121 Å². The van der Waals surface area contributed by atoms with E-state index >= 15 is 0 Å². The average molecular weight is 607 g/mol. The van der Waals surface area contributed by atoms with E-state index in [4.69, 9.17) is 0 Å². The quantitative estimate of drug-likeness (QED) is 0.196. The Morgan fingerprint density at radius 1 is 0.667 bits per heavy atom. The fraction of sp³-hybridized carbons (Fsp3) is 0.429. The first-order chi connectivity index (χ1) is 21.3. The fourth-order valence-electron chi connectivity index (χ4n) is 9.27. The molecule has 0 amide bonds. The summed E-state index contributed by atoms with van der Waals surface area (Å²) in [5.41, 5.74) is 10.5. The molecule has 0 radical (unpaired) electrons. The zero-order chi connectivity index (χ0) is 32.2. The molecule has 4 aromatic rings. The average Bonchev–Trinajstić information content (AvgIpc) is 3.45. The Morgan fingerprint density at radius 2 is 1.31 bits per heavy atom. The summed E-state index contributed by atoms with van der Waals surface area (Å²) in [6.45, 7) is 15.1. The minimum absolute atomic E-state index is 0.0679. The van der Waals surface area contributed by atoms with Crippen LogP contribution in [0.3, 0.4) is 0 Å². The van der Waals surface area contributed by atoms with Crippen LogP contribution in [-0.2, 0) is 28.1 Å². The van der Waals surface area contributed by atoms with Crippen molar-refractivity contribution in [3.8, 4) is 22.3 Å². The third kappa shape index (κ3) is 3.79. The molecule has 0 saturated carbocycles. The van der Waals surface area contributed by atoms with Gasteiger partial charge >= 0.3 is 6.18 Å². The van der Waals surface area contributed by atoms with Gasteiger partial charge in [0.15, 0.2) is 0 Å². The van der Waals surface area contributed by atoms with E-state index < -0.39 is 11.6 Å². The lowest BCUT2D eigenvalue weighted by atomic mass is 9.56. The predicted molar refractivity (Wildman–Crippen MR) is 180 cm³/mol. The topological polar surface area (TPSA) is 0 Å². The van der Waals surface area contributed by atoms with Crippen molar-refractivity contribution in [2.75, 3.05) is 0 Å². The Kier molecular flexibility index (Phi) is 6.63. The summed E-state index contributed by atoms with van der Waals surface area (Å²) in [6.07, 6.45) is 1.45. The standard InChI is InChI=1S/C42H45F3/c1-8-20-41(28-17-19-30-29-14-12-13-15-33(29)39(7,35(30)23-28)42(43,44)45)25-26-21-32-31-18-16-27(38(5,6)9-2)22-36(31)40(10-3,11-4)37(32)24-34(26)41/h12-19,21-24H,8-11,20,25H2,1-7H3. The van der Waals surface area contributed by atoms with Crippen molar-refractivity contribution in [2.24, 2.45) is 0 Å². The normalized spacial score (nSPS) is 22.3. The van der Waals surface area contributed by atoms with E-state index in [9.17, 15) is 13.2 Å². The lowest BCUT2D eigenvalue weighted by Crippen LogP contribution is -2.42. The molecule has 3 aliphatic rings. The van der Waals surface area contributed by atoms with Crippen LogP contribution in [0, 0.1) is 0 Å². The molecule has 0 bridgehead atoms. The lowest BCUT2D eigenvalue weighted by Gasteiger charge is -2.47. The molecule has 2 atom stereocenters. The third-order valence-corrected chi connectivity index (χ3v) is 12.6. The lowest BCUT2D eigenvalue weighted by molar-refractivity contribution is -0.172. The third-order valence-electron chi connectivity index (χ3n) is 12.6. The molecular formula is C42H45F3. The first-order valence-corrected chi connectivity index (χ1v) is 17.0. The van der Waals surface area contributed by atoms with Gasteiger partial charge in [-0.3, -0.25) is 0 Å². The number of hydrogen-bond donors (Lipinski definition) is 0. The first kappa shape index (κ1) is 30.3. The van der Waals surface area contributed by atoms with Crippen molar-refractivity contribution in [3.05, 3.63) is 117 Å². The highest BCUT2D eigenvalue weighted by atomic mass is 19.4. The highest BCUT2D eigenvalue weighted by Crippen LogP contribution is 2.61. The van der Waals surface area contributed by atoms with Crippen LogP contribution in [0.2, 0.25) is 0 Å². The molecule has 0 N–H and O–H groups in total. The van der Waals surface area contributed by atoms with Crippen LogP contribution in [0.5, 0.6) is 0 Å². The van der Waals surface area contributed by atoms with Gasteiger partial charge in [0.2, 0.25) is 0 Å². The molecule has 0 aliphatic heterocycles. The Hall–Kier alpha value is -3.33. The summed E-state index contributed by atoms with van der Waals surface area (Å²) < 4.78 is 44.9. The molecule has 45 heavy (non-hydrogen) atoms. The zero-order valence-electron chi connectivity index (χ0n) is 27.8. The maximum atomic E-state index is 15.0. The van der Waals surface area contributed by atoms with Crippen LogP contribution >= 0.6 is 0 Å². The number of hydrogen-bond acceptors (Lipinski definition) is 0. The van der Waals surface area contributed by atoms with E-state index in [1.807, 2.05) is 24.3 Å². The molecule has 0 saturated heterocycles. The molecule has 0 heterocycles. The van der Waals surface area contributed by atoms with E-state index in [0.717, 1.165) is 44.1 Å². The van der Waals surface area contributed by atoms with Crippen molar-refractivity contribution < 1.29 is 13.2 Å². The molecule has 0 fully saturated rings. The molecule has 2 unspecified atom stereocenters. The highest BCUT2D eigenvalue weighted by Gasteiger charge is 2.58. The number of halogens is 3. The minimum Gasteiger partial charge on any atom is -0.170 e. The Labute approximate surface area is 267 Å². The molecule has 3 heteroatoms. The van der Waals surface area contributed by atoms with E-state index in [-0.39, 0.29) is 16.2 Å². The Morgan fingerprint density at radius 3 is 1.98 bits per heavy atom. The van der Waals surface area contributed by atoms with Gasteiger partial charge in [-0.25, -0.2) is 0 Å². The van der Waals surface area contributed by atoms with Crippen molar-refractivity contribution in [2.45, 2.75) is 115 Å². The van der Waals surface area contributed by atoms with Crippen LogP contribution in [0.15, 0.2) is 72.8 Å². The summed E-state index contributed by atoms with van der Waals surface area (Å²) in [6, 6.07) is 25.2. The van der Waals surface area contributed by atoms with Crippen LogP contribution in [0.1, 0.15) is 125 Å². The smallest absolute Gasteiger partial charge is 0.170 e. The van der Waals surface area contributed by atoms with E-state index in [0.29, 0.717) is 22.3 Å². The molecule has 0 spiro atoms. The van der Waals surface area contributed by atoms with Gasteiger partial charge in [0.05, 0.1) is 0 Å². The number of fused-ring (bicyclic) bond motifs is 7. The molecule has 7 rings (SSSR count). The van der Waals surface area contributed by atoms with Crippen molar-refractivity contribution in [3.63, 3.8) is 0 Å². The largest absolute Gasteiger partial charge is 0.402 e. The van der Waals surface area contributed by atoms with Gasteiger partial charge < -0.3 is 0 Å². The van der Waals surface area contributed by atoms with Crippen LogP contribution in [0.25, 0.3) is 22.3 Å². The summed E-state index contributed by atoms with van der Waals surface area (Å²) in [5, 5.41) is 0. The molecule has 4 aromatic carbocycles. The highest BCUT2D eigenvalue weighted by molar-refractivity contribution is 5.85. The summed E-state index contributed by atoms with van der Waals surface area (Å²) in [5.74, 6) is 0. The van der Waals surface area contributed by atoms with Crippen molar-refractivity contribution >= 4 is 0 Å². The molecule has 234 valence electrons. The van der Waals surface area contributed by atoms with Gasteiger partial charge in [0.25, 0.3) is 0 Å². The maximum absolute atomic E-state index is 15.0. The molecule has 0 nitrogen and oxygen atoms in total. The summed E-state index contributed by atoms with van der Waals surface area (Å²) in [7, 11) is 0. The molecule has 0 aromatic heterocycles.